The van der Waals surface area contributed by atoms with Crippen molar-refractivity contribution in [2.75, 3.05) is 39.3 Å². The lowest BCUT2D eigenvalue weighted by molar-refractivity contribution is -0.157. The van der Waals surface area contributed by atoms with Crippen LogP contribution in [0, 0.1) is 5.82 Å². The summed E-state index contributed by atoms with van der Waals surface area (Å²) < 4.78 is 13.9. The summed E-state index contributed by atoms with van der Waals surface area (Å²) in [6.07, 6.45) is 0.698. The zero-order chi connectivity index (χ0) is 18.0. The average Bonchev–Trinajstić information content (AvgIpc) is 3.09. The zero-order valence-corrected chi connectivity index (χ0v) is 14.3. The van der Waals surface area contributed by atoms with Crippen LogP contribution in [0.1, 0.15) is 24.8 Å². The van der Waals surface area contributed by atoms with Gasteiger partial charge in [-0.3, -0.25) is 14.4 Å². The smallest absolute Gasteiger partial charge is 0.312 e. The number of carbonyl (C=O) groups is 3. The number of rotatable bonds is 4. The van der Waals surface area contributed by atoms with Gasteiger partial charge < -0.3 is 14.7 Å². The van der Waals surface area contributed by atoms with Crippen LogP contribution >= 0.6 is 0 Å². The normalized spacial score (nSPS) is 21.2. The lowest BCUT2D eigenvalue weighted by atomic mass is 9.98. The third-order valence-electron chi connectivity index (χ3n) is 4.99. The Morgan fingerprint density at radius 2 is 1.80 bits per heavy atom. The summed E-state index contributed by atoms with van der Waals surface area (Å²) in [5.74, 6) is -1.64. The maximum Gasteiger partial charge on any atom is 0.312 e. The molecule has 0 N–H and O–H groups in total. The topological polar surface area (TPSA) is 60.9 Å². The maximum atomic E-state index is 13.9. The minimum Gasteiger partial charge on any atom is -0.341 e. The summed E-state index contributed by atoms with van der Waals surface area (Å²) in [5.41, 5.74) is 0.626. The van der Waals surface area contributed by atoms with Crippen molar-refractivity contribution in [3.8, 4) is 0 Å². The van der Waals surface area contributed by atoms with Crippen molar-refractivity contribution in [3.05, 3.63) is 35.6 Å². The Labute approximate surface area is 146 Å². The number of hydrogen-bond acceptors (Lipinski definition) is 3. The molecule has 25 heavy (non-hydrogen) atoms. The van der Waals surface area contributed by atoms with E-state index in [4.69, 9.17) is 0 Å². The van der Waals surface area contributed by atoms with Gasteiger partial charge in [0.25, 0.3) is 0 Å². The molecule has 0 aliphatic carbocycles. The minimum absolute atomic E-state index is 0.0283. The maximum absolute atomic E-state index is 13.9. The lowest BCUT2D eigenvalue weighted by Gasteiger charge is -2.33. The van der Waals surface area contributed by atoms with E-state index in [0.717, 1.165) is 0 Å². The zero-order valence-electron chi connectivity index (χ0n) is 14.3. The minimum atomic E-state index is -0.619. The molecule has 0 spiro atoms. The highest BCUT2D eigenvalue weighted by molar-refractivity contribution is 6.35. The molecule has 3 amide bonds. The van der Waals surface area contributed by atoms with E-state index >= 15 is 0 Å². The molecule has 2 aliphatic rings. The quantitative estimate of drug-likeness (QED) is 0.758. The van der Waals surface area contributed by atoms with E-state index in [1.54, 1.807) is 23.1 Å². The summed E-state index contributed by atoms with van der Waals surface area (Å²) >= 11 is 0. The number of carbonyl (C=O) groups excluding carboxylic acids is 3. The van der Waals surface area contributed by atoms with Gasteiger partial charge in [0.05, 0.1) is 0 Å². The Balaban J connectivity index is 1.59. The molecule has 2 heterocycles. The van der Waals surface area contributed by atoms with Gasteiger partial charge in [-0.15, -0.1) is 0 Å². The third kappa shape index (κ3) is 3.50. The van der Waals surface area contributed by atoms with Gasteiger partial charge in [-0.25, -0.2) is 4.39 Å². The van der Waals surface area contributed by atoms with Gasteiger partial charge in [0.2, 0.25) is 5.91 Å². The number of amides is 3. The van der Waals surface area contributed by atoms with E-state index < -0.39 is 11.8 Å². The van der Waals surface area contributed by atoms with E-state index in [1.807, 2.05) is 6.92 Å². The van der Waals surface area contributed by atoms with Gasteiger partial charge in [-0.1, -0.05) is 18.2 Å². The second kappa shape index (κ2) is 7.21. The average molecular weight is 347 g/mol. The Hall–Kier alpha value is -2.44. The monoisotopic (exact) mass is 347 g/mol. The van der Waals surface area contributed by atoms with Gasteiger partial charge in [0, 0.05) is 38.6 Å². The molecular formula is C18H22FN3O3. The van der Waals surface area contributed by atoms with Crippen LogP contribution in [0.2, 0.25) is 0 Å². The van der Waals surface area contributed by atoms with E-state index in [9.17, 15) is 18.8 Å². The molecule has 0 aromatic heterocycles. The van der Waals surface area contributed by atoms with Crippen LogP contribution < -0.4 is 0 Å². The summed E-state index contributed by atoms with van der Waals surface area (Å²) in [4.78, 5) is 40.9. The molecule has 1 unspecified atom stereocenters. The highest BCUT2D eigenvalue weighted by Gasteiger charge is 2.35. The number of piperazine rings is 1. The second-order valence-electron chi connectivity index (χ2n) is 6.46. The Morgan fingerprint density at radius 3 is 2.52 bits per heavy atom. The number of likely N-dealkylation sites (N-methyl/N-ethyl adjacent to an activating group) is 1. The van der Waals surface area contributed by atoms with Crippen molar-refractivity contribution in [2.45, 2.75) is 19.3 Å². The van der Waals surface area contributed by atoms with E-state index in [-0.39, 0.29) is 24.2 Å². The third-order valence-corrected chi connectivity index (χ3v) is 4.99. The summed E-state index contributed by atoms with van der Waals surface area (Å²) in [6.45, 7) is 4.01. The van der Waals surface area contributed by atoms with Crippen molar-refractivity contribution >= 4 is 17.7 Å². The van der Waals surface area contributed by atoms with Crippen LogP contribution in [0.3, 0.4) is 0 Å². The molecule has 0 radical (unpaired) electrons. The predicted octanol–water partition coefficient (Wildman–Crippen LogP) is 0.832. The van der Waals surface area contributed by atoms with Crippen LogP contribution in [-0.2, 0) is 14.4 Å². The van der Waals surface area contributed by atoms with Crippen LogP contribution in [0.25, 0.3) is 0 Å². The van der Waals surface area contributed by atoms with Gasteiger partial charge in [0.15, 0.2) is 0 Å². The largest absolute Gasteiger partial charge is 0.341 e. The molecule has 2 fully saturated rings. The van der Waals surface area contributed by atoms with E-state index in [2.05, 4.69) is 0 Å². The first-order chi connectivity index (χ1) is 12.0. The van der Waals surface area contributed by atoms with Crippen LogP contribution in [0.5, 0.6) is 0 Å². The van der Waals surface area contributed by atoms with Crippen molar-refractivity contribution in [1.29, 1.82) is 0 Å². The fourth-order valence-corrected chi connectivity index (χ4v) is 3.48. The summed E-state index contributed by atoms with van der Waals surface area (Å²) in [7, 11) is 0. The highest BCUT2D eigenvalue weighted by Crippen LogP contribution is 2.29. The number of hydrogen-bond donors (Lipinski definition) is 0. The van der Waals surface area contributed by atoms with Crippen LogP contribution in [0.15, 0.2) is 24.3 Å². The predicted molar refractivity (Wildman–Crippen MR) is 89.2 cm³/mol. The van der Waals surface area contributed by atoms with Crippen molar-refractivity contribution in [1.82, 2.24) is 14.7 Å². The molecule has 2 aliphatic heterocycles. The molecular weight excluding hydrogens is 325 g/mol. The first-order valence-electron chi connectivity index (χ1n) is 8.61. The Bertz CT molecular complexity index is 694. The Kier molecular flexibility index (Phi) is 5.01. The van der Waals surface area contributed by atoms with Gasteiger partial charge in [-0.2, -0.15) is 0 Å². The molecule has 3 rings (SSSR count). The molecule has 0 bridgehead atoms. The molecule has 134 valence electrons. The molecule has 0 saturated carbocycles. The fraction of sp³-hybridized carbons (Fsp3) is 0.500. The first-order valence-corrected chi connectivity index (χ1v) is 8.61. The molecule has 1 atom stereocenters. The van der Waals surface area contributed by atoms with Gasteiger partial charge in [0.1, 0.15) is 12.4 Å². The van der Waals surface area contributed by atoms with Crippen molar-refractivity contribution < 1.29 is 18.8 Å². The first kappa shape index (κ1) is 17.4. The van der Waals surface area contributed by atoms with Crippen LogP contribution in [0.4, 0.5) is 4.39 Å². The van der Waals surface area contributed by atoms with Crippen LogP contribution in [-0.4, -0.2) is 71.7 Å². The number of likely N-dealkylation sites (tertiary alicyclic amines) is 1. The second-order valence-corrected chi connectivity index (χ2v) is 6.46. The number of nitrogens with zero attached hydrogens (tertiary/aromatic N) is 3. The molecule has 1 aromatic rings. The summed E-state index contributed by atoms with van der Waals surface area (Å²) in [5, 5.41) is 0. The SMILES string of the molecule is CCN1CCN(CC(=O)N2CCC(c3ccccc3F)C2)C(=O)C1=O. The Morgan fingerprint density at radius 1 is 1.12 bits per heavy atom. The molecule has 6 nitrogen and oxygen atoms in total. The van der Waals surface area contributed by atoms with Crippen molar-refractivity contribution in [2.24, 2.45) is 0 Å². The van der Waals surface area contributed by atoms with Gasteiger partial charge >= 0.3 is 11.8 Å². The molecule has 2 saturated heterocycles. The van der Waals surface area contributed by atoms with E-state index in [1.165, 1.54) is 15.9 Å². The van der Waals surface area contributed by atoms with Crippen molar-refractivity contribution in [3.63, 3.8) is 0 Å². The number of benzene rings is 1. The standard InChI is InChI=1S/C18H22FN3O3/c1-2-20-9-10-22(18(25)17(20)24)12-16(23)21-8-7-13(11-21)14-5-3-4-6-15(14)19/h3-6,13H,2,7-12H2,1H3. The molecule has 1 aromatic carbocycles. The number of halogens is 1. The summed E-state index contributed by atoms with van der Waals surface area (Å²) in [6, 6.07) is 6.62. The van der Waals surface area contributed by atoms with E-state index in [0.29, 0.717) is 44.7 Å². The lowest BCUT2D eigenvalue weighted by Crippen LogP contribution is -2.56. The molecule has 7 heteroatoms. The fourth-order valence-electron chi connectivity index (χ4n) is 3.48. The van der Waals surface area contributed by atoms with Gasteiger partial charge in [-0.05, 0) is 25.0 Å². The highest BCUT2D eigenvalue weighted by atomic mass is 19.1.